The molecular formula is C17H14N2O4. The Bertz CT molecular complexity index is 918. The Kier molecular flexibility index (Phi) is 3.85. The SMILES string of the molecule is CCOC=NC1=C(C#N)[C@@H](C)c2c(c3ccccc3oc2=O)O1. The summed E-state index contributed by atoms with van der Waals surface area (Å²) >= 11 is 0. The maximum Gasteiger partial charge on any atom is 0.343 e. The zero-order valence-electron chi connectivity index (χ0n) is 12.7. The standard InChI is InChI=1S/C17H14N2O4/c1-3-21-9-19-16-12(8-18)10(2)14-15(23-16)11-6-4-5-7-13(11)22-17(14)20/h4-7,9-10H,3H2,1-2H3/t10-/m1/s1. The van der Waals surface area contributed by atoms with Crippen molar-refractivity contribution in [1.29, 1.82) is 5.26 Å². The summed E-state index contributed by atoms with van der Waals surface area (Å²) < 4.78 is 16.2. The van der Waals surface area contributed by atoms with E-state index in [1.807, 2.05) is 13.0 Å². The number of allylic oxidation sites excluding steroid dienone is 1. The summed E-state index contributed by atoms with van der Waals surface area (Å²) in [5.41, 5.74) is 0.510. The van der Waals surface area contributed by atoms with E-state index >= 15 is 0 Å². The molecule has 2 aromatic rings. The highest BCUT2D eigenvalue weighted by molar-refractivity contribution is 5.85. The molecule has 23 heavy (non-hydrogen) atoms. The quantitative estimate of drug-likeness (QED) is 0.494. The number of fused-ring (bicyclic) bond motifs is 3. The van der Waals surface area contributed by atoms with Gasteiger partial charge in [0.15, 0.2) is 12.2 Å². The molecule has 0 saturated heterocycles. The molecule has 0 amide bonds. The molecule has 0 radical (unpaired) electrons. The van der Waals surface area contributed by atoms with Crippen LogP contribution in [0.3, 0.4) is 0 Å². The van der Waals surface area contributed by atoms with Gasteiger partial charge in [0, 0.05) is 5.92 Å². The van der Waals surface area contributed by atoms with Crippen LogP contribution in [0, 0.1) is 11.3 Å². The van der Waals surface area contributed by atoms with Gasteiger partial charge in [-0.2, -0.15) is 10.3 Å². The van der Waals surface area contributed by atoms with Gasteiger partial charge in [-0.25, -0.2) is 4.79 Å². The van der Waals surface area contributed by atoms with Crippen molar-refractivity contribution in [3.8, 4) is 11.8 Å². The van der Waals surface area contributed by atoms with Crippen LogP contribution in [0.5, 0.6) is 5.75 Å². The van der Waals surface area contributed by atoms with E-state index in [9.17, 15) is 10.1 Å². The highest BCUT2D eigenvalue weighted by Gasteiger charge is 2.32. The Balaban J connectivity index is 2.22. The van der Waals surface area contributed by atoms with Crippen LogP contribution in [0.25, 0.3) is 11.0 Å². The highest BCUT2D eigenvalue weighted by atomic mass is 16.5. The summed E-state index contributed by atoms with van der Waals surface area (Å²) in [5, 5.41) is 10.0. The Morgan fingerprint density at radius 1 is 1.43 bits per heavy atom. The first kappa shape index (κ1) is 14.9. The third kappa shape index (κ3) is 2.46. The van der Waals surface area contributed by atoms with Crippen LogP contribution < -0.4 is 10.4 Å². The van der Waals surface area contributed by atoms with Crippen LogP contribution in [0.2, 0.25) is 0 Å². The number of benzene rings is 1. The Labute approximate surface area is 132 Å². The average Bonchev–Trinajstić information content (AvgIpc) is 2.55. The summed E-state index contributed by atoms with van der Waals surface area (Å²) in [4.78, 5) is 16.3. The van der Waals surface area contributed by atoms with Gasteiger partial charge in [-0.1, -0.05) is 19.1 Å². The zero-order chi connectivity index (χ0) is 16.4. The molecule has 0 unspecified atom stereocenters. The predicted molar refractivity (Wildman–Crippen MR) is 84.3 cm³/mol. The van der Waals surface area contributed by atoms with E-state index in [1.165, 1.54) is 6.40 Å². The Morgan fingerprint density at radius 3 is 2.96 bits per heavy atom. The lowest BCUT2D eigenvalue weighted by atomic mass is 9.91. The van der Waals surface area contributed by atoms with Gasteiger partial charge in [0.25, 0.3) is 0 Å². The third-order valence-corrected chi connectivity index (χ3v) is 3.63. The van der Waals surface area contributed by atoms with Crippen LogP contribution in [0.4, 0.5) is 0 Å². The van der Waals surface area contributed by atoms with Crippen LogP contribution in [-0.2, 0) is 4.74 Å². The molecule has 116 valence electrons. The van der Waals surface area contributed by atoms with Crippen molar-refractivity contribution in [3.05, 3.63) is 51.7 Å². The molecule has 1 aliphatic heterocycles. The van der Waals surface area contributed by atoms with Gasteiger partial charge in [-0.3, -0.25) is 0 Å². The number of para-hydroxylation sites is 1. The molecule has 0 aliphatic carbocycles. The number of nitriles is 1. The fourth-order valence-corrected chi connectivity index (χ4v) is 2.50. The van der Waals surface area contributed by atoms with Gasteiger partial charge in [0.2, 0.25) is 5.88 Å². The van der Waals surface area contributed by atoms with Crippen LogP contribution in [-0.4, -0.2) is 13.0 Å². The first-order valence-corrected chi connectivity index (χ1v) is 7.19. The van der Waals surface area contributed by atoms with E-state index in [0.717, 1.165) is 0 Å². The van der Waals surface area contributed by atoms with Crippen molar-refractivity contribution < 1.29 is 13.9 Å². The van der Waals surface area contributed by atoms with Gasteiger partial charge in [0.05, 0.1) is 23.1 Å². The number of ether oxygens (including phenoxy) is 2. The molecule has 1 aromatic heterocycles. The van der Waals surface area contributed by atoms with Gasteiger partial charge in [0.1, 0.15) is 11.7 Å². The Hall–Kier alpha value is -3.07. The van der Waals surface area contributed by atoms with E-state index in [1.54, 1.807) is 25.1 Å². The van der Waals surface area contributed by atoms with Crippen molar-refractivity contribution in [2.75, 3.05) is 6.61 Å². The smallest absolute Gasteiger partial charge is 0.343 e. The molecule has 0 fully saturated rings. The lowest BCUT2D eigenvalue weighted by molar-refractivity contribution is 0.335. The Morgan fingerprint density at radius 2 is 2.22 bits per heavy atom. The number of hydrogen-bond donors (Lipinski definition) is 0. The van der Waals surface area contributed by atoms with Crippen molar-refractivity contribution in [2.24, 2.45) is 4.99 Å². The van der Waals surface area contributed by atoms with Crippen molar-refractivity contribution in [2.45, 2.75) is 19.8 Å². The van der Waals surface area contributed by atoms with E-state index < -0.39 is 11.5 Å². The lowest BCUT2D eigenvalue weighted by Crippen LogP contribution is -2.20. The van der Waals surface area contributed by atoms with E-state index in [-0.39, 0.29) is 11.5 Å². The largest absolute Gasteiger partial charge is 0.483 e. The summed E-state index contributed by atoms with van der Waals surface area (Å²) in [6.07, 6.45) is 1.23. The first-order chi connectivity index (χ1) is 11.2. The number of hydrogen-bond acceptors (Lipinski definition) is 6. The van der Waals surface area contributed by atoms with Gasteiger partial charge < -0.3 is 13.9 Å². The molecule has 1 atom stereocenters. The molecule has 6 heteroatoms. The number of nitrogens with zero attached hydrogens (tertiary/aromatic N) is 2. The summed E-state index contributed by atoms with van der Waals surface area (Å²) in [7, 11) is 0. The van der Waals surface area contributed by atoms with Crippen LogP contribution in [0.15, 0.2) is 49.9 Å². The first-order valence-electron chi connectivity index (χ1n) is 7.19. The van der Waals surface area contributed by atoms with Gasteiger partial charge >= 0.3 is 5.63 Å². The van der Waals surface area contributed by atoms with E-state index in [2.05, 4.69) is 11.1 Å². The van der Waals surface area contributed by atoms with Crippen molar-refractivity contribution >= 4 is 17.4 Å². The summed E-state index contributed by atoms with van der Waals surface area (Å²) in [6, 6.07) is 9.14. The summed E-state index contributed by atoms with van der Waals surface area (Å²) in [6.45, 7) is 4.03. The highest BCUT2D eigenvalue weighted by Crippen LogP contribution is 2.41. The minimum absolute atomic E-state index is 0.136. The maximum absolute atomic E-state index is 12.3. The van der Waals surface area contributed by atoms with Crippen molar-refractivity contribution in [3.63, 3.8) is 0 Å². The summed E-state index contributed by atoms with van der Waals surface area (Å²) in [5.74, 6) is 0.0436. The average molecular weight is 310 g/mol. The third-order valence-electron chi connectivity index (χ3n) is 3.63. The van der Waals surface area contributed by atoms with E-state index in [4.69, 9.17) is 13.9 Å². The number of rotatable bonds is 3. The second kappa shape index (κ2) is 5.97. The topological polar surface area (TPSA) is 84.8 Å². The molecule has 0 spiro atoms. The predicted octanol–water partition coefficient (Wildman–Crippen LogP) is 3.09. The van der Waals surface area contributed by atoms with Gasteiger partial charge in [-0.15, -0.1) is 0 Å². The number of aliphatic imine (C=N–C) groups is 1. The second-order valence-corrected chi connectivity index (χ2v) is 4.97. The fraction of sp³-hybridized carbons (Fsp3) is 0.235. The molecule has 0 N–H and O–H groups in total. The normalized spacial score (nSPS) is 17.0. The molecule has 1 aliphatic rings. The second-order valence-electron chi connectivity index (χ2n) is 4.97. The molecular weight excluding hydrogens is 296 g/mol. The molecule has 0 saturated carbocycles. The van der Waals surface area contributed by atoms with E-state index in [0.29, 0.717) is 28.9 Å². The maximum atomic E-state index is 12.3. The van der Waals surface area contributed by atoms with Crippen LogP contribution >= 0.6 is 0 Å². The van der Waals surface area contributed by atoms with Crippen LogP contribution in [0.1, 0.15) is 25.3 Å². The van der Waals surface area contributed by atoms with Crippen molar-refractivity contribution in [1.82, 2.24) is 0 Å². The molecule has 1 aromatic carbocycles. The molecule has 0 bridgehead atoms. The fourth-order valence-electron chi connectivity index (χ4n) is 2.50. The minimum Gasteiger partial charge on any atom is -0.483 e. The molecule has 6 nitrogen and oxygen atoms in total. The minimum atomic E-state index is -0.508. The zero-order valence-corrected chi connectivity index (χ0v) is 12.7. The monoisotopic (exact) mass is 310 g/mol. The molecule has 3 rings (SSSR count). The molecule has 2 heterocycles. The lowest BCUT2D eigenvalue weighted by Gasteiger charge is -2.22. The van der Waals surface area contributed by atoms with Gasteiger partial charge in [-0.05, 0) is 19.1 Å².